The highest BCUT2D eigenvalue weighted by Gasteiger charge is 2.22. The SMILES string of the molecule is O=C1CC=CC2=CN(CCOc3ccc(CC(OCc4ccccc4)C(=O)OCc4ccccc4)cc3)NC=C12. The Labute approximate surface area is 234 Å². The lowest BCUT2D eigenvalue weighted by molar-refractivity contribution is -0.159. The van der Waals surface area contributed by atoms with E-state index in [1.54, 1.807) is 6.20 Å². The summed E-state index contributed by atoms with van der Waals surface area (Å²) in [7, 11) is 0. The van der Waals surface area contributed by atoms with Crippen molar-refractivity contribution in [2.75, 3.05) is 13.2 Å². The van der Waals surface area contributed by atoms with Gasteiger partial charge in [0.15, 0.2) is 11.9 Å². The average molecular weight is 537 g/mol. The number of allylic oxidation sites excluding steroid dienone is 4. The number of hydrazine groups is 1. The molecule has 3 aromatic rings. The molecule has 2 aliphatic rings. The molecule has 1 aliphatic heterocycles. The first kappa shape index (κ1) is 27.0. The number of Topliss-reactive ketones (excluding diaryl/α,β-unsaturated/α-hetero) is 1. The van der Waals surface area contributed by atoms with Gasteiger partial charge < -0.3 is 19.6 Å². The summed E-state index contributed by atoms with van der Waals surface area (Å²) in [6.45, 7) is 1.56. The minimum atomic E-state index is -0.743. The van der Waals surface area contributed by atoms with Crippen LogP contribution in [-0.4, -0.2) is 36.0 Å². The van der Waals surface area contributed by atoms with E-state index in [-0.39, 0.29) is 12.4 Å². The second kappa shape index (κ2) is 13.4. The predicted molar refractivity (Wildman–Crippen MR) is 152 cm³/mol. The molecule has 0 bridgehead atoms. The summed E-state index contributed by atoms with van der Waals surface area (Å²) in [6, 6.07) is 27.0. The molecule has 0 saturated heterocycles. The smallest absolute Gasteiger partial charge is 0.335 e. The molecule has 7 heteroatoms. The fraction of sp³-hybridized carbons (Fsp3) is 0.212. The monoisotopic (exact) mass is 536 g/mol. The van der Waals surface area contributed by atoms with Crippen molar-refractivity contribution < 1.29 is 23.8 Å². The molecular weight excluding hydrogens is 504 g/mol. The molecule has 5 rings (SSSR count). The van der Waals surface area contributed by atoms with Gasteiger partial charge in [0.1, 0.15) is 19.0 Å². The number of carbonyl (C=O) groups excluding carboxylic acids is 2. The van der Waals surface area contributed by atoms with Crippen molar-refractivity contribution in [3.8, 4) is 5.75 Å². The first-order chi connectivity index (χ1) is 19.6. The van der Waals surface area contributed by atoms with Gasteiger partial charge in [-0.1, -0.05) is 84.9 Å². The van der Waals surface area contributed by atoms with Crippen LogP contribution in [0.25, 0.3) is 0 Å². The van der Waals surface area contributed by atoms with Crippen LogP contribution in [0.4, 0.5) is 0 Å². The Morgan fingerprint density at radius 3 is 2.30 bits per heavy atom. The van der Waals surface area contributed by atoms with Crippen LogP contribution in [-0.2, 0) is 38.7 Å². The second-order valence-electron chi connectivity index (χ2n) is 9.57. The van der Waals surface area contributed by atoms with Gasteiger partial charge in [0, 0.05) is 36.4 Å². The van der Waals surface area contributed by atoms with Crippen molar-refractivity contribution in [1.82, 2.24) is 10.4 Å². The number of hydrogen-bond donors (Lipinski definition) is 1. The topological polar surface area (TPSA) is 77.1 Å². The maximum atomic E-state index is 13.0. The highest BCUT2D eigenvalue weighted by atomic mass is 16.6. The molecule has 0 aromatic heterocycles. The normalized spacial score (nSPS) is 14.9. The lowest BCUT2D eigenvalue weighted by Gasteiger charge is -2.27. The van der Waals surface area contributed by atoms with E-state index in [1.165, 1.54) is 0 Å². The highest BCUT2D eigenvalue weighted by Crippen LogP contribution is 2.22. The zero-order chi connectivity index (χ0) is 27.6. The van der Waals surface area contributed by atoms with Crippen molar-refractivity contribution in [2.45, 2.75) is 32.2 Å². The highest BCUT2D eigenvalue weighted by molar-refractivity contribution is 6.02. The molecule has 7 nitrogen and oxygen atoms in total. The zero-order valence-corrected chi connectivity index (χ0v) is 22.2. The third kappa shape index (κ3) is 7.48. The van der Waals surface area contributed by atoms with E-state index in [0.717, 1.165) is 28.0 Å². The largest absolute Gasteiger partial charge is 0.492 e. The number of nitrogens with zero attached hydrogens (tertiary/aromatic N) is 1. The summed E-state index contributed by atoms with van der Waals surface area (Å²) in [4.78, 5) is 25.0. The Balaban J connectivity index is 1.14. The van der Waals surface area contributed by atoms with Crippen LogP contribution in [0, 0.1) is 0 Å². The van der Waals surface area contributed by atoms with Crippen LogP contribution in [0.2, 0.25) is 0 Å². The number of nitrogens with one attached hydrogen (secondary N) is 1. The quantitative estimate of drug-likeness (QED) is 0.325. The van der Waals surface area contributed by atoms with Gasteiger partial charge in [-0.15, -0.1) is 0 Å². The number of fused-ring (bicyclic) bond motifs is 1. The second-order valence-corrected chi connectivity index (χ2v) is 9.57. The molecule has 0 amide bonds. The van der Waals surface area contributed by atoms with Gasteiger partial charge in [0.05, 0.1) is 13.2 Å². The molecule has 0 fully saturated rings. The van der Waals surface area contributed by atoms with E-state index in [1.807, 2.05) is 108 Å². The van der Waals surface area contributed by atoms with E-state index in [2.05, 4.69) is 5.43 Å². The summed E-state index contributed by atoms with van der Waals surface area (Å²) < 4.78 is 17.6. The number of rotatable bonds is 12. The van der Waals surface area contributed by atoms with Crippen molar-refractivity contribution in [1.29, 1.82) is 0 Å². The molecular formula is C33H32N2O5. The Hall–Kier alpha value is -4.62. The Morgan fingerprint density at radius 2 is 1.57 bits per heavy atom. The molecule has 1 atom stereocenters. The maximum Gasteiger partial charge on any atom is 0.335 e. The van der Waals surface area contributed by atoms with Crippen molar-refractivity contribution in [3.63, 3.8) is 0 Å². The van der Waals surface area contributed by atoms with Crippen LogP contribution in [0.3, 0.4) is 0 Å². The van der Waals surface area contributed by atoms with Crippen LogP contribution in [0.15, 0.2) is 121 Å². The molecule has 1 heterocycles. The van der Waals surface area contributed by atoms with Crippen molar-refractivity contribution in [3.05, 3.63) is 137 Å². The Bertz CT molecular complexity index is 1380. The third-order valence-corrected chi connectivity index (χ3v) is 6.61. The fourth-order valence-corrected chi connectivity index (χ4v) is 4.41. The molecule has 0 radical (unpaired) electrons. The molecule has 0 spiro atoms. The van der Waals surface area contributed by atoms with E-state index < -0.39 is 12.1 Å². The summed E-state index contributed by atoms with van der Waals surface area (Å²) in [6.07, 6.45) is 7.60. The van der Waals surface area contributed by atoms with E-state index in [9.17, 15) is 9.59 Å². The standard InChI is InChI=1S/C33H32N2O5/c36-31-13-7-12-28-22-35(34-21-30(28)31)18-19-38-29-16-14-25(15-17-29)20-32(39-23-26-8-3-1-4-9-26)33(37)40-24-27-10-5-2-6-11-27/h1-12,14-17,21-22,32,34H,13,18-20,23-24H2. The fourth-order valence-electron chi connectivity index (χ4n) is 4.41. The summed E-state index contributed by atoms with van der Waals surface area (Å²) >= 11 is 0. The lowest BCUT2D eigenvalue weighted by Crippen LogP contribution is -2.37. The first-order valence-electron chi connectivity index (χ1n) is 13.4. The lowest BCUT2D eigenvalue weighted by atomic mass is 9.95. The molecule has 0 saturated carbocycles. The first-order valence-corrected chi connectivity index (χ1v) is 13.4. The predicted octanol–water partition coefficient (Wildman–Crippen LogP) is 5.05. The van der Waals surface area contributed by atoms with Gasteiger partial charge in [-0.3, -0.25) is 9.80 Å². The minimum absolute atomic E-state index is 0.120. The Kier molecular flexibility index (Phi) is 9.06. The summed E-state index contributed by atoms with van der Waals surface area (Å²) in [5.74, 6) is 0.454. The van der Waals surface area contributed by atoms with E-state index in [0.29, 0.717) is 38.2 Å². The average Bonchev–Trinajstić information content (AvgIpc) is 3.00. The van der Waals surface area contributed by atoms with Gasteiger partial charge in [0.2, 0.25) is 0 Å². The molecule has 204 valence electrons. The molecule has 1 aliphatic carbocycles. The van der Waals surface area contributed by atoms with Crippen LogP contribution >= 0.6 is 0 Å². The number of esters is 1. The van der Waals surface area contributed by atoms with E-state index in [4.69, 9.17) is 14.2 Å². The van der Waals surface area contributed by atoms with Gasteiger partial charge >= 0.3 is 5.97 Å². The van der Waals surface area contributed by atoms with Crippen molar-refractivity contribution >= 4 is 11.8 Å². The van der Waals surface area contributed by atoms with Gasteiger partial charge in [-0.05, 0) is 28.8 Å². The number of benzene rings is 3. The number of hydrogen-bond acceptors (Lipinski definition) is 7. The van der Waals surface area contributed by atoms with Crippen LogP contribution in [0.5, 0.6) is 5.75 Å². The molecule has 3 aromatic carbocycles. The van der Waals surface area contributed by atoms with Crippen LogP contribution in [0.1, 0.15) is 23.1 Å². The Morgan fingerprint density at radius 1 is 0.875 bits per heavy atom. The minimum Gasteiger partial charge on any atom is -0.492 e. The van der Waals surface area contributed by atoms with E-state index >= 15 is 0 Å². The molecule has 40 heavy (non-hydrogen) atoms. The molecule has 1 unspecified atom stereocenters. The third-order valence-electron chi connectivity index (χ3n) is 6.61. The summed E-state index contributed by atoms with van der Waals surface area (Å²) in [5, 5.41) is 1.89. The number of ether oxygens (including phenoxy) is 3. The zero-order valence-electron chi connectivity index (χ0n) is 22.2. The maximum absolute atomic E-state index is 13.0. The number of carbonyl (C=O) groups is 2. The van der Waals surface area contributed by atoms with Crippen LogP contribution < -0.4 is 10.2 Å². The van der Waals surface area contributed by atoms with Gasteiger partial charge in [-0.25, -0.2) is 4.79 Å². The molecule has 1 N–H and O–H groups in total. The van der Waals surface area contributed by atoms with Crippen molar-refractivity contribution in [2.24, 2.45) is 0 Å². The number of ketones is 1. The van der Waals surface area contributed by atoms with Gasteiger partial charge in [-0.2, -0.15) is 0 Å². The van der Waals surface area contributed by atoms with Gasteiger partial charge in [0.25, 0.3) is 0 Å². The summed E-state index contributed by atoms with van der Waals surface area (Å²) in [5.41, 5.74) is 7.60.